The van der Waals surface area contributed by atoms with Gasteiger partial charge in [-0.1, -0.05) is 6.92 Å². The summed E-state index contributed by atoms with van der Waals surface area (Å²) in [5, 5.41) is 6.05. The van der Waals surface area contributed by atoms with Crippen LogP contribution in [0.25, 0.3) is 0 Å². The molecule has 1 aromatic heterocycles. The van der Waals surface area contributed by atoms with E-state index in [0.717, 1.165) is 17.9 Å². The van der Waals surface area contributed by atoms with Gasteiger partial charge in [0.1, 0.15) is 11.5 Å². The van der Waals surface area contributed by atoms with Crippen molar-refractivity contribution in [2.24, 2.45) is 0 Å². The summed E-state index contributed by atoms with van der Waals surface area (Å²) in [6.07, 6.45) is 1.01. The molecule has 0 aliphatic carbocycles. The van der Waals surface area contributed by atoms with E-state index in [-0.39, 0.29) is 11.9 Å². The van der Waals surface area contributed by atoms with Gasteiger partial charge < -0.3 is 15.1 Å². The lowest BCUT2D eigenvalue weighted by atomic mass is 10.2. The number of rotatable bonds is 6. The van der Waals surface area contributed by atoms with Crippen molar-refractivity contribution < 1.29 is 9.21 Å². The number of nitrogens with one attached hydrogen (secondary N) is 2. The van der Waals surface area contributed by atoms with E-state index in [9.17, 15) is 4.79 Å². The Morgan fingerprint density at radius 1 is 1.41 bits per heavy atom. The van der Waals surface area contributed by atoms with Gasteiger partial charge in [-0.3, -0.25) is 4.79 Å². The summed E-state index contributed by atoms with van der Waals surface area (Å²) in [6.45, 7) is 8.30. The summed E-state index contributed by atoms with van der Waals surface area (Å²) in [6, 6.07) is 4.06. The van der Waals surface area contributed by atoms with Gasteiger partial charge in [0, 0.05) is 6.04 Å². The topological polar surface area (TPSA) is 54.3 Å². The highest BCUT2D eigenvalue weighted by atomic mass is 16.3. The number of hydrogen-bond acceptors (Lipinski definition) is 3. The Morgan fingerprint density at radius 3 is 2.65 bits per heavy atom. The minimum absolute atomic E-state index is 0.00754. The van der Waals surface area contributed by atoms with Crippen LogP contribution in [0.2, 0.25) is 0 Å². The molecule has 0 saturated carbocycles. The van der Waals surface area contributed by atoms with E-state index < -0.39 is 0 Å². The number of furan rings is 1. The van der Waals surface area contributed by atoms with Gasteiger partial charge in [-0.25, -0.2) is 0 Å². The predicted molar refractivity (Wildman–Crippen MR) is 67.8 cm³/mol. The molecule has 4 nitrogen and oxygen atoms in total. The molecule has 0 radical (unpaired) electrons. The van der Waals surface area contributed by atoms with E-state index >= 15 is 0 Å². The van der Waals surface area contributed by atoms with E-state index in [4.69, 9.17) is 4.42 Å². The van der Waals surface area contributed by atoms with E-state index in [0.29, 0.717) is 12.6 Å². The largest absolute Gasteiger partial charge is 0.464 e. The van der Waals surface area contributed by atoms with Crippen LogP contribution in [-0.2, 0) is 4.79 Å². The zero-order valence-electron chi connectivity index (χ0n) is 11.0. The molecule has 1 aromatic rings. The van der Waals surface area contributed by atoms with Crippen molar-refractivity contribution in [3.63, 3.8) is 0 Å². The summed E-state index contributed by atoms with van der Waals surface area (Å²) >= 11 is 0. The predicted octanol–water partition coefficient (Wildman–Crippen LogP) is 2.15. The van der Waals surface area contributed by atoms with Gasteiger partial charge in [-0.2, -0.15) is 0 Å². The Labute approximate surface area is 103 Å². The summed E-state index contributed by atoms with van der Waals surface area (Å²) in [5.41, 5.74) is 0. The van der Waals surface area contributed by atoms with Gasteiger partial charge in [0.25, 0.3) is 0 Å². The lowest BCUT2D eigenvalue weighted by Crippen LogP contribution is -2.38. The summed E-state index contributed by atoms with van der Waals surface area (Å²) < 4.78 is 5.46. The molecule has 0 fully saturated rings. The van der Waals surface area contributed by atoms with Gasteiger partial charge in [0.05, 0.1) is 12.6 Å². The SMILES string of the molecule is CCC(C)NCC(=O)NC(C)c1ccc(C)o1. The lowest BCUT2D eigenvalue weighted by Gasteiger charge is -2.14. The molecule has 0 aromatic carbocycles. The Kier molecular flexibility index (Phi) is 5.22. The van der Waals surface area contributed by atoms with Crippen molar-refractivity contribution >= 4 is 5.91 Å². The van der Waals surface area contributed by atoms with Gasteiger partial charge in [0.2, 0.25) is 5.91 Å². The second kappa shape index (κ2) is 6.45. The van der Waals surface area contributed by atoms with Crippen molar-refractivity contribution in [3.05, 3.63) is 23.7 Å². The van der Waals surface area contributed by atoms with Crippen LogP contribution in [0.4, 0.5) is 0 Å². The average Bonchev–Trinajstić information content (AvgIpc) is 2.72. The molecule has 0 spiro atoms. The van der Waals surface area contributed by atoms with Crippen molar-refractivity contribution in [1.82, 2.24) is 10.6 Å². The van der Waals surface area contributed by atoms with Gasteiger partial charge in [-0.05, 0) is 39.3 Å². The molecule has 2 unspecified atom stereocenters. The van der Waals surface area contributed by atoms with Crippen molar-refractivity contribution in [2.45, 2.75) is 46.2 Å². The molecule has 1 amide bonds. The third kappa shape index (κ3) is 4.61. The maximum atomic E-state index is 11.6. The molecule has 1 rings (SSSR count). The normalized spacial score (nSPS) is 14.4. The average molecular weight is 238 g/mol. The molecule has 96 valence electrons. The minimum atomic E-state index is -0.0880. The first-order valence-electron chi connectivity index (χ1n) is 6.12. The third-order valence-electron chi connectivity index (χ3n) is 2.79. The van der Waals surface area contributed by atoms with Crippen LogP contribution in [-0.4, -0.2) is 18.5 Å². The van der Waals surface area contributed by atoms with Crippen LogP contribution >= 0.6 is 0 Å². The molecule has 17 heavy (non-hydrogen) atoms. The second-order valence-electron chi connectivity index (χ2n) is 4.43. The summed E-state index contributed by atoms with van der Waals surface area (Å²) in [5.74, 6) is 1.64. The fraction of sp³-hybridized carbons (Fsp3) is 0.615. The Balaban J connectivity index is 2.36. The maximum absolute atomic E-state index is 11.6. The van der Waals surface area contributed by atoms with E-state index in [2.05, 4.69) is 24.5 Å². The molecule has 1 heterocycles. The monoisotopic (exact) mass is 238 g/mol. The zero-order chi connectivity index (χ0) is 12.8. The second-order valence-corrected chi connectivity index (χ2v) is 4.43. The Morgan fingerprint density at radius 2 is 2.12 bits per heavy atom. The molecule has 0 aliphatic rings. The minimum Gasteiger partial charge on any atom is -0.464 e. The number of carbonyl (C=O) groups excluding carboxylic acids is 1. The first-order chi connectivity index (χ1) is 8.02. The van der Waals surface area contributed by atoms with Crippen molar-refractivity contribution in [3.8, 4) is 0 Å². The van der Waals surface area contributed by atoms with E-state index in [1.54, 1.807) is 0 Å². The number of aryl methyl sites for hydroxylation is 1. The van der Waals surface area contributed by atoms with Crippen LogP contribution in [0.15, 0.2) is 16.5 Å². The molecule has 0 bridgehead atoms. The quantitative estimate of drug-likeness (QED) is 0.798. The fourth-order valence-corrected chi connectivity index (χ4v) is 1.46. The van der Waals surface area contributed by atoms with Crippen molar-refractivity contribution in [1.29, 1.82) is 0 Å². The van der Waals surface area contributed by atoms with Crippen molar-refractivity contribution in [2.75, 3.05) is 6.54 Å². The Bertz CT molecular complexity index is 360. The summed E-state index contributed by atoms with van der Waals surface area (Å²) in [4.78, 5) is 11.6. The zero-order valence-corrected chi connectivity index (χ0v) is 11.0. The van der Waals surface area contributed by atoms with Crippen LogP contribution in [0.1, 0.15) is 44.8 Å². The lowest BCUT2D eigenvalue weighted by molar-refractivity contribution is -0.121. The number of amides is 1. The molecule has 0 saturated heterocycles. The van der Waals surface area contributed by atoms with Crippen LogP contribution < -0.4 is 10.6 Å². The summed E-state index contributed by atoms with van der Waals surface area (Å²) in [7, 11) is 0. The van der Waals surface area contributed by atoms with E-state index in [1.807, 2.05) is 26.0 Å². The third-order valence-corrected chi connectivity index (χ3v) is 2.79. The molecule has 2 N–H and O–H groups in total. The molecular weight excluding hydrogens is 216 g/mol. The highest BCUT2D eigenvalue weighted by Gasteiger charge is 2.12. The van der Waals surface area contributed by atoms with Gasteiger partial charge >= 0.3 is 0 Å². The fourth-order valence-electron chi connectivity index (χ4n) is 1.46. The van der Waals surface area contributed by atoms with Crippen LogP contribution in [0.3, 0.4) is 0 Å². The molecule has 2 atom stereocenters. The highest BCUT2D eigenvalue weighted by molar-refractivity contribution is 5.78. The molecule has 0 aliphatic heterocycles. The molecular formula is C13H22N2O2. The first kappa shape index (κ1) is 13.8. The first-order valence-corrected chi connectivity index (χ1v) is 6.12. The maximum Gasteiger partial charge on any atom is 0.234 e. The van der Waals surface area contributed by atoms with Gasteiger partial charge in [-0.15, -0.1) is 0 Å². The number of hydrogen-bond donors (Lipinski definition) is 2. The molecule has 4 heteroatoms. The highest BCUT2D eigenvalue weighted by Crippen LogP contribution is 2.15. The standard InChI is InChI=1S/C13H22N2O2/c1-5-9(2)14-8-13(16)15-11(4)12-7-6-10(3)17-12/h6-7,9,11,14H,5,8H2,1-4H3,(H,15,16). The van der Waals surface area contributed by atoms with Crippen LogP contribution in [0, 0.1) is 6.92 Å². The van der Waals surface area contributed by atoms with E-state index in [1.165, 1.54) is 0 Å². The Hall–Kier alpha value is -1.29. The smallest absolute Gasteiger partial charge is 0.234 e. The van der Waals surface area contributed by atoms with Gasteiger partial charge in [0.15, 0.2) is 0 Å². The number of carbonyl (C=O) groups is 1. The van der Waals surface area contributed by atoms with Crippen LogP contribution in [0.5, 0.6) is 0 Å².